The van der Waals surface area contributed by atoms with E-state index in [0.29, 0.717) is 29.4 Å². The van der Waals surface area contributed by atoms with Gasteiger partial charge in [-0.25, -0.2) is 4.79 Å². The summed E-state index contributed by atoms with van der Waals surface area (Å²) >= 11 is 6.03. The van der Waals surface area contributed by atoms with Gasteiger partial charge in [0, 0.05) is 36.5 Å². The Labute approximate surface area is 148 Å². The Balaban J connectivity index is 1.95. The van der Waals surface area contributed by atoms with Gasteiger partial charge in [0.2, 0.25) is 0 Å². The molecule has 0 aromatic heterocycles. The van der Waals surface area contributed by atoms with E-state index in [1.165, 1.54) is 0 Å². The van der Waals surface area contributed by atoms with Crippen LogP contribution in [-0.2, 0) is 11.3 Å². The van der Waals surface area contributed by atoms with Gasteiger partial charge in [0.1, 0.15) is 17.5 Å². The fourth-order valence-electron chi connectivity index (χ4n) is 2.73. The SMILES string of the molecule is Cc1cc(Cl)cc(CO)c1OC1CCN(C(=O)OC(C)(C)C)CC1. The molecule has 1 aliphatic heterocycles. The van der Waals surface area contributed by atoms with Crippen molar-refractivity contribution < 1.29 is 19.4 Å². The molecule has 5 nitrogen and oxygen atoms in total. The molecule has 1 saturated heterocycles. The predicted octanol–water partition coefficient (Wildman–Crippen LogP) is 3.92. The van der Waals surface area contributed by atoms with Crippen LogP contribution in [0.2, 0.25) is 5.02 Å². The lowest BCUT2D eigenvalue weighted by Gasteiger charge is -2.34. The number of halogens is 1. The van der Waals surface area contributed by atoms with Crippen LogP contribution in [0.25, 0.3) is 0 Å². The number of aliphatic hydroxyl groups is 1. The highest BCUT2D eigenvalue weighted by Gasteiger charge is 2.28. The largest absolute Gasteiger partial charge is 0.490 e. The number of amides is 1. The molecule has 1 heterocycles. The van der Waals surface area contributed by atoms with E-state index in [0.717, 1.165) is 18.4 Å². The second-order valence-corrected chi connectivity index (χ2v) is 7.59. The van der Waals surface area contributed by atoms with Crippen LogP contribution in [0.4, 0.5) is 4.79 Å². The maximum Gasteiger partial charge on any atom is 0.410 e. The highest BCUT2D eigenvalue weighted by molar-refractivity contribution is 6.30. The van der Waals surface area contributed by atoms with Gasteiger partial charge in [-0.15, -0.1) is 0 Å². The molecule has 1 aromatic rings. The van der Waals surface area contributed by atoms with Crippen LogP contribution in [0.1, 0.15) is 44.7 Å². The van der Waals surface area contributed by atoms with Crippen molar-refractivity contribution in [2.45, 2.75) is 58.8 Å². The number of hydrogen-bond acceptors (Lipinski definition) is 4. The molecule has 24 heavy (non-hydrogen) atoms. The molecular formula is C18H26ClNO4. The lowest BCUT2D eigenvalue weighted by atomic mass is 10.1. The van der Waals surface area contributed by atoms with Crippen LogP contribution < -0.4 is 4.74 Å². The van der Waals surface area contributed by atoms with E-state index < -0.39 is 5.60 Å². The summed E-state index contributed by atoms with van der Waals surface area (Å²) in [7, 11) is 0. The molecule has 0 unspecified atom stereocenters. The van der Waals surface area contributed by atoms with Gasteiger partial charge in [-0.3, -0.25) is 0 Å². The van der Waals surface area contributed by atoms with Crippen molar-refractivity contribution in [3.8, 4) is 5.75 Å². The number of ether oxygens (including phenoxy) is 2. The zero-order valence-corrected chi connectivity index (χ0v) is 15.5. The smallest absolute Gasteiger partial charge is 0.410 e. The molecule has 1 N–H and O–H groups in total. The van der Waals surface area contributed by atoms with Gasteiger partial charge in [0.05, 0.1) is 6.61 Å². The lowest BCUT2D eigenvalue weighted by molar-refractivity contribution is 0.0124. The Morgan fingerprint density at radius 3 is 2.50 bits per heavy atom. The first-order valence-corrected chi connectivity index (χ1v) is 8.62. The van der Waals surface area contributed by atoms with Crippen molar-refractivity contribution in [1.29, 1.82) is 0 Å². The Hall–Kier alpha value is -1.46. The molecule has 0 saturated carbocycles. The average Bonchev–Trinajstić information content (AvgIpc) is 2.48. The maximum atomic E-state index is 12.1. The fourth-order valence-corrected chi connectivity index (χ4v) is 3.03. The highest BCUT2D eigenvalue weighted by Crippen LogP contribution is 2.30. The molecule has 1 fully saturated rings. The summed E-state index contributed by atoms with van der Waals surface area (Å²) in [6.07, 6.45) is 1.19. The van der Waals surface area contributed by atoms with Crippen LogP contribution in [0.3, 0.4) is 0 Å². The Morgan fingerprint density at radius 2 is 1.96 bits per heavy atom. The summed E-state index contributed by atoms with van der Waals surface area (Å²) in [6.45, 7) is 8.58. The minimum atomic E-state index is -0.485. The molecule has 134 valence electrons. The summed E-state index contributed by atoms with van der Waals surface area (Å²) in [5, 5.41) is 10.1. The number of piperidine rings is 1. The van der Waals surface area contributed by atoms with Crippen LogP contribution >= 0.6 is 11.6 Å². The third kappa shape index (κ3) is 5.02. The van der Waals surface area contributed by atoms with E-state index in [2.05, 4.69) is 0 Å². The average molecular weight is 356 g/mol. The minimum absolute atomic E-state index is 0.00821. The molecule has 1 aliphatic rings. The van der Waals surface area contributed by atoms with Crippen molar-refractivity contribution in [3.05, 3.63) is 28.3 Å². The first kappa shape index (κ1) is 18.9. The zero-order valence-electron chi connectivity index (χ0n) is 14.8. The standard InChI is InChI=1S/C18H26ClNO4/c1-12-9-14(19)10-13(11-21)16(12)23-15-5-7-20(8-6-15)17(22)24-18(2,3)4/h9-10,15,21H,5-8,11H2,1-4H3. The summed E-state index contributed by atoms with van der Waals surface area (Å²) in [5.74, 6) is 0.692. The van der Waals surface area contributed by atoms with Gasteiger partial charge < -0.3 is 19.5 Å². The summed E-state index contributed by atoms with van der Waals surface area (Å²) < 4.78 is 11.5. The van der Waals surface area contributed by atoms with Crippen molar-refractivity contribution in [3.63, 3.8) is 0 Å². The predicted molar refractivity (Wildman–Crippen MR) is 93.6 cm³/mol. The monoisotopic (exact) mass is 355 g/mol. The van der Waals surface area contributed by atoms with Crippen LogP contribution in [0.15, 0.2) is 12.1 Å². The van der Waals surface area contributed by atoms with E-state index in [9.17, 15) is 9.90 Å². The highest BCUT2D eigenvalue weighted by atomic mass is 35.5. The fraction of sp³-hybridized carbons (Fsp3) is 0.611. The van der Waals surface area contributed by atoms with Crippen molar-refractivity contribution >= 4 is 17.7 Å². The van der Waals surface area contributed by atoms with Crippen molar-refractivity contribution in [2.75, 3.05) is 13.1 Å². The topological polar surface area (TPSA) is 59.0 Å². The number of carbonyl (C=O) groups excluding carboxylic acids is 1. The van der Waals surface area contributed by atoms with Gasteiger partial charge in [-0.1, -0.05) is 11.6 Å². The first-order chi connectivity index (χ1) is 11.2. The number of carbonyl (C=O) groups is 1. The van der Waals surface area contributed by atoms with E-state index in [1.807, 2.05) is 33.8 Å². The molecule has 6 heteroatoms. The number of benzene rings is 1. The van der Waals surface area contributed by atoms with Crippen molar-refractivity contribution in [2.24, 2.45) is 0 Å². The number of likely N-dealkylation sites (tertiary alicyclic amines) is 1. The molecule has 0 aliphatic carbocycles. The first-order valence-electron chi connectivity index (χ1n) is 8.24. The third-order valence-electron chi connectivity index (χ3n) is 3.86. The van der Waals surface area contributed by atoms with E-state index >= 15 is 0 Å². The number of nitrogens with zero attached hydrogens (tertiary/aromatic N) is 1. The minimum Gasteiger partial charge on any atom is -0.490 e. The molecule has 0 radical (unpaired) electrons. The van der Waals surface area contributed by atoms with Crippen LogP contribution in [0, 0.1) is 6.92 Å². The Bertz CT molecular complexity index is 589. The Morgan fingerprint density at radius 1 is 1.33 bits per heavy atom. The van der Waals surface area contributed by atoms with Crippen LogP contribution in [0.5, 0.6) is 5.75 Å². The molecule has 1 aromatic carbocycles. The normalized spacial score (nSPS) is 16.2. The molecule has 1 amide bonds. The van der Waals surface area contributed by atoms with Gasteiger partial charge in [-0.05, 0) is 45.4 Å². The summed E-state index contributed by atoms with van der Waals surface area (Å²) in [5.41, 5.74) is 1.11. The molecule has 0 bridgehead atoms. The number of rotatable bonds is 3. The van der Waals surface area contributed by atoms with Gasteiger partial charge in [-0.2, -0.15) is 0 Å². The van der Waals surface area contributed by atoms with Gasteiger partial charge >= 0.3 is 6.09 Å². The lowest BCUT2D eigenvalue weighted by Crippen LogP contribution is -2.44. The van der Waals surface area contributed by atoms with Crippen molar-refractivity contribution in [1.82, 2.24) is 4.90 Å². The summed E-state index contributed by atoms with van der Waals surface area (Å²) in [4.78, 5) is 13.8. The Kier molecular flexibility index (Phi) is 5.99. The number of hydrogen-bond donors (Lipinski definition) is 1. The number of aryl methyl sites for hydroxylation is 1. The molecule has 0 atom stereocenters. The third-order valence-corrected chi connectivity index (χ3v) is 4.08. The quantitative estimate of drug-likeness (QED) is 0.892. The zero-order chi connectivity index (χ0) is 17.9. The second kappa shape index (κ2) is 7.62. The van der Waals surface area contributed by atoms with E-state index in [4.69, 9.17) is 21.1 Å². The van der Waals surface area contributed by atoms with E-state index in [-0.39, 0.29) is 18.8 Å². The van der Waals surface area contributed by atoms with Gasteiger partial charge in [0.15, 0.2) is 0 Å². The maximum absolute atomic E-state index is 12.1. The summed E-state index contributed by atoms with van der Waals surface area (Å²) in [6, 6.07) is 3.55. The van der Waals surface area contributed by atoms with Gasteiger partial charge in [0.25, 0.3) is 0 Å². The molecular weight excluding hydrogens is 330 g/mol. The van der Waals surface area contributed by atoms with E-state index in [1.54, 1.807) is 11.0 Å². The van der Waals surface area contributed by atoms with Crippen LogP contribution in [-0.4, -0.2) is 40.9 Å². The second-order valence-electron chi connectivity index (χ2n) is 7.15. The number of aliphatic hydroxyl groups excluding tert-OH is 1. The molecule has 0 spiro atoms. The molecule has 2 rings (SSSR count).